The van der Waals surface area contributed by atoms with E-state index >= 15 is 0 Å². The lowest BCUT2D eigenvalue weighted by Gasteiger charge is -2.05. The molecule has 1 rings (SSSR count). The minimum absolute atomic E-state index is 0.480. The summed E-state index contributed by atoms with van der Waals surface area (Å²) in [6.45, 7) is 1.65. The van der Waals surface area contributed by atoms with E-state index in [4.69, 9.17) is 11.5 Å². The lowest BCUT2D eigenvalue weighted by molar-refractivity contribution is -0.138. The Labute approximate surface area is 77.2 Å². The fourth-order valence-electron chi connectivity index (χ4n) is 1.01. The highest BCUT2D eigenvalue weighted by Gasteiger charge is 2.12. The van der Waals surface area contributed by atoms with Crippen LogP contribution in [0.5, 0.6) is 0 Å². The van der Waals surface area contributed by atoms with Gasteiger partial charge in [0.15, 0.2) is 0 Å². The van der Waals surface area contributed by atoms with Gasteiger partial charge < -0.3 is 5.11 Å². The van der Waals surface area contributed by atoms with Gasteiger partial charge in [-0.25, -0.2) is 0 Å². The molecule has 1 aromatic rings. The predicted molar refractivity (Wildman–Crippen MR) is 50.4 cm³/mol. The van der Waals surface area contributed by atoms with Gasteiger partial charge in [-0.15, -0.1) is 6.42 Å². The number of aliphatic carboxylic acids is 1. The Morgan fingerprint density at radius 1 is 1.46 bits per heavy atom. The second-order valence-electron chi connectivity index (χ2n) is 2.83. The highest BCUT2D eigenvalue weighted by molar-refractivity contribution is 5.75. The Morgan fingerprint density at radius 3 is 2.38 bits per heavy atom. The molecule has 1 atom stereocenters. The van der Waals surface area contributed by atoms with Crippen LogP contribution in [0.15, 0.2) is 24.3 Å². The van der Waals surface area contributed by atoms with Crippen molar-refractivity contribution < 1.29 is 9.90 Å². The van der Waals surface area contributed by atoms with E-state index in [9.17, 15) is 4.79 Å². The highest BCUT2D eigenvalue weighted by atomic mass is 16.4. The van der Waals surface area contributed by atoms with Crippen molar-refractivity contribution >= 4 is 5.97 Å². The fourth-order valence-corrected chi connectivity index (χ4v) is 1.01. The predicted octanol–water partition coefficient (Wildman–Crippen LogP) is 1.86. The van der Waals surface area contributed by atoms with Crippen LogP contribution in [0.2, 0.25) is 0 Å². The Morgan fingerprint density at radius 2 is 2.00 bits per heavy atom. The molecule has 0 aliphatic heterocycles. The average Bonchev–Trinajstić information content (AvgIpc) is 2.17. The van der Waals surface area contributed by atoms with Crippen molar-refractivity contribution in [3.05, 3.63) is 35.4 Å². The van der Waals surface area contributed by atoms with Crippen LogP contribution in [-0.4, -0.2) is 11.1 Å². The Kier molecular flexibility index (Phi) is 2.71. The molecule has 0 aliphatic carbocycles. The molecular formula is C11H10O2. The topological polar surface area (TPSA) is 37.3 Å². The quantitative estimate of drug-likeness (QED) is 0.695. The maximum absolute atomic E-state index is 10.6. The van der Waals surface area contributed by atoms with Crippen LogP contribution in [0.3, 0.4) is 0 Å². The van der Waals surface area contributed by atoms with Gasteiger partial charge in [-0.05, 0) is 24.6 Å². The van der Waals surface area contributed by atoms with Gasteiger partial charge in [0.2, 0.25) is 0 Å². The lowest BCUT2D eigenvalue weighted by Crippen LogP contribution is -2.06. The summed E-state index contributed by atoms with van der Waals surface area (Å²) in [5, 5.41) is 8.72. The van der Waals surface area contributed by atoms with Crippen molar-refractivity contribution in [2.75, 3.05) is 0 Å². The minimum Gasteiger partial charge on any atom is -0.481 e. The molecule has 66 valence electrons. The first-order chi connectivity index (χ1) is 6.15. The van der Waals surface area contributed by atoms with Gasteiger partial charge in [0, 0.05) is 5.56 Å². The largest absolute Gasteiger partial charge is 0.481 e. The van der Waals surface area contributed by atoms with E-state index < -0.39 is 11.9 Å². The molecule has 0 spiro atoms. The third kappa shape index (κ3) is 2.09. The molecule has 1 N–H and O–H groups in total. The number of carboxylic acid groups (broad SMARTS) is 1. The zero-order valence-corrected chi connectivity index (χ0v) is 7.32. The van der Waals surface area contributed by atoms with Gasteiger partial charge in [0.05, 0.1) is 5.92 Å². The molecule has 1 aromatic carbocycles. The molecule has 0 radical (unpaired) electrons. The second-order valence-corrected chi connectivity index (χ2v) is 2.83. The number of rotatable bonds is 2. The summed E-state index contributed by atoms with van der Waals surface area (Å²) >= 11 is 0. The maximum atomic E-state index is 10.6. The first-order valence-corrected chi connectivity index (χ1v) is 3.94. The SMILES string of the molecule is C#Cc1ccc(C(C)C(=O)O)cc1. The van der Waals surface area contributed by atoms with E-state index in [0.29, 0.717) is 0 Å². The zero-order valence-electron chi connectivity index (χ0n) is 7.32. The number of hydrogen-bond donors (Lipinski definition) is 1. The van der Waals surface area contributed by atoms with Crippen molar-refractivity contribution in [1.29, 1.82) is 0 Å². The third-order valence-electron chi connectivity index (χ3n) is 1.95. The lowest BCUT2D eigenvalue weighted by atomic mass is 10.0. The Bertz CT molecular complexity index is 343. The van der Waals surface area contributed by atoms with Crippen molar-refractivity contribution in [1.82, 2.24) is 0 Å². The monoisotopic (exact) mass is 174 g/mol. The number of benzene rings is 1. The van der Waals surface area contributed by atoms with Crippen LogP contribution in [-0.2, 0) is 4.79 Å². The van der Waals surface area contributed by atoms with E-state index in [-0.39, 0.29) is 0 Å². The van der Waals surface area contributed by atoms with E-state index in [1.807, 2.05) is 0 Å². The molecule has 0 fully saturated rings. The van der Waals surface area contributed by atoms with Crippen molar-refractivity contribution in [3.8, 4) is 12.3 Å². The van der Waals surface area contributed by atoms with E-state index in [1.54, 1.807) is 31.2 Å². The molecule has 2 heteroatoms. The first kappa shape index (κ1) is 9.34. The van der Waals surface area contributed by atoms with Gasteiger partial charge in [-0.3, -0.25) is 4.79 Å². The summed E-state index contributed by atoms with van der Waals surface area (Å²) < 4.78 is 0. The van der Waals surface area contributed by atoms with Crippen molar-refractivity contribution in [3.63, 3.8) is 0 Å². The van der Waals surface area contributed by atoms with E-state index in [0.717, 1.165) is 11.1 Å². The van der Waals surface area contributed by atoms with Crippen LogP contribution in [0.25, 0.3) is 0 Å². The standard InChI is InChI=1S/C11H10O2/c1-3-9-4-6-10(7-5-9)8(2)11(12)13/h1,4-8H,2H3,(H,12,13). The molecular weight excluding hydrogens is 164 g/mol. The number of terminal acetylenes is 1. The Balaban J connectivity index is 2.93. The molecule has 0 saturated heterocycles. The average molecular weight is 174 g/mol. The molecule has 0 bridgehead atoms. The van der Waals surface area contributed by atoms with Crippen LogP contribution >= 0.6 is 0 Å². The van der Waals surface area contributed by atoms with Crippen molar-refractivity contribution in [2.45, 2.75) is 12.8 Å². The highest BCUT2D eigenvalue weighted by Crippen LogP contribution is 2.15. The fraction of sp³-hybridized carbons (Fsp3) is 0.182. The molecule has 0 saturated carbocycles. The Hall–Kier alpha value is -1.75. The number of carboxylic acids is 1. The van der Waals surface area contributed by atoms with Gasteiger partial charge >= 0.3 is 5.97 Å². The molecule has 1 unspecified atom stereocenters. The van der Waals surface area contributed by atoms with Crippen molar-refractivity contribution in [2.24, 2.45) is 0 Å². The van der Waals surface area contributed by atoms with Crippen LogP contribution in [0.1, 0.15) is 24.0 Å². The van der Waals surface area contributed by atoms with E-state index in [2.05, 4.69) is 5.92 Å². The summed E-state index contributed by atoms with van der Waals surface area (Å²) in [5.74, 6) is 1.17. The smallest absolute Gasteiger partial charge is 0.310 e. The molecule has 2 nitrogen and oxygen atoms in total. The summed E-state index contributed by atoms with van der Waals surface area (Å²) in [6, 6.07) is 6.98. The molecule has 0 aliphatic rings. The summed E-state index contributed by atoms with van der Waals surface area (Å²) in [6.07, 6.45) is 5.17. The molecule has 0 amide bonds. The summed E-state index contributed by atoms with van der Waals surface area (Å²) in [4.78, 5) is 10.6. The summed E-state index contributed by atoms with van der Waals surface area (Å²) in [7, 11) is 0. The molecule has 0 heterocycles. The van der Waals surface area contributed by atoms with Crippen LogP contribution < -0.4 is 0 Å². The van der Waals surface area contributed by atoms with Crippen LogP contribution in [0.4, 0.5) is 0 Å². The van der Waals surface area contributed by atoms with Crippen LogP contribution in [0, 0.1) is 12.3 Å². The number of hydrogen-bond acceptors (Lipinski definition) is 1. The summed E-state index contributed by atoms with van der Waals surface area (Å²) in [5.41, 5.74) is 1.54. The van der Waals surface area contributed by atoms with Gasteiger partial charge in [0.25, 0.3) is 0 Å². The normalized spacial score (nSPS) is 11.7. The van der Waals surface area contributed by atoms with E-state index in [1.165, 1.54) is 0 Å². The van der Waals surface area contributed by atoms with Gasteiger partial charge in [-0.1, -0.05) is 18.1 Å². The third-order valence-corrected chi connectivity index (χ3v) is 1.95. The minimum atomic E-state index is -0.826. The second kappa shape index (κ2) is 3.77. The molecule has 0 aromatic heterocycles. The van der Waals surface area contributed by atoms with Gasteiger partial charge in [-0.2, -0.15) is 0 Å². The zero-order chi connectivity index (χ0) is 9.84. The maximum Gasteiger partial charge on any atom is 0.310 e. The first-order valence-electron chi connectivity index (χ1n) is 3.94. The molecule has 13 heavy (non-hydrogen) atoms. The number of carbonyl (C=O) groups is 1. The van der Waals surface area contributed by atoms with Gasteiger partial charge in [0.1, 0.15) is 0 Å².